The van der Waals surface area contributed by atoms with Crippen LogP contribution in [-0.4, -0.2) is 27.1 Å². The molecule has 1 aliphatic rings. The second-order valence-corrected chi connectivity index (χ2v) is 6.83. The van der Waals surface area contributed by atoms with Crippen molar-refractivity contribution in [3.05, 3.63) is 59.4 Å². The Hall–Kier alpha value is -2.54. The summed E-state index contributed by atoms with van der Waals surface area (Å²) in [6.45, 7) is 1.75. The van der Waals surface area contributed by atoms with Crippen LogP contribution in [0.4, 0.5) is 10.1 Å². The van der Waals surface area contributed by atoms with Crippen molar-refractivity contribution in [2.45, 2.75) is 11.8 Å². The van der Waals surface area contributed by atoms with E-state index in [0.29, 0.717) is 11.3 Å². The molecular weight excluding hydrogens is 319 g/mol. The van der Waals surface area contributed by atoms with E-state index in [0.717, 1.165) is 11.9 Å². The first kappa shape index (κ1) is 15.4. The molecule has 2 aromatic rings. The zero-order chi connectivity index (χ0) is 16.6. The monoisotopic (exact) mass is 332 g/mol. The molecule has 0 saturated carbocycles. The van der Waals surface area contributed by atoms with Gasteiger partial charge in [-0.3, -0.25) is 4.79 Å². The minimum absolute atomic E-state index is 0.0671. The maximum absolute atomic E-state index is 12.9. The molecule has 0 N–H and O–H groups in total. The zero-order valence-electron chi connectivity index (χ0n) is 12.2. The lowest BCUT2D eigenvalue weighted by Crippen LogP contribution is -2.32. The van der Waals surface area contributed by atoms with Crippen LogP contribution in [0.25, 0.3) is 0 Å². The Morgan fingerprint density at radius 1 is 1.17 bits per heavy atom. The normalized spacial score (nSPS) is 15.3. The minimum atomic E-state index is -3.73. The molecule has 0 amide bonds. The van der Waals surface area contributed by atoms with Crippen molar-refractivity contribution in [1.29, 1.82) is 0 Å². The van der Waals surface area contributed by atoms with Crippen LogP contribution in [-0.2, 0) is 10.0 Å². The van der Waals surface area contributed by atoms with Gasteiger partial charge >= 0.3 is 0 Å². The van der Waals surface area contributed by atoms with Crippen LogP contribution >= 0.6 is 0 Å². The second-order valence-electron chi connectivity index (χ2n) is 5.23. The highest BCUT2D eigenvalue weighted by Gasteiger charge is 2.26. The number of nitrogens with zero attached hydrogens (tertiary/aromatic N) is 2. The van der Waals surface area contributed by atoms with E-state index in [2.05, 4.69) is 4.40 Å². The van der Waals surface area contributed by atoms with Gasteiger partial charge in [0.25, 0.3) is 10.0 Å². The summed E-state index contributed by atoms with van der Waals surface area (Å²) in [7, 11) is -3.73. The molecule has 7 heteroatoms. The summed E-state index contributed by atoms with van der Waals surface area (Å²) < 4.78 is 40.4. The van der Waals surface area contributed by atoms with Crippen molar-refractivity contribution in [1.82, 2.24) is 0 Å². The van der Waals surface area contributed by atoms with Crippen LogP contribution in [0.15, 0.2) is 51.8 Å². The van der Waals surface area contributed by atoms with Crippen LogP contribution in [0.2, 0.25) is 0 Å². The molecular formula is C16H13FN2O3S. The number of benzene rings is 2. The number of fused-ring (bicyclic) bond motifs is 1. The first-order valence-corrected chi connectivity index (χ1v) is 8.27. The molecule has 0 aromatic heterocycles. The number of hydrogen-bond donors (Lipinski definition) is 0. The Morgan fingerprint density at radius 2 is 1.87 bits per heavy atom. The number of halogens is 1. The summed E-state index contributed by atoms with van der Waals surface area (Å²) in [6.07, 6.45) is 1.14. The molecule has 1 aliphatic heterocycles. The fourth-order valence-corrected chi connectivity index (χ4v) is 3.35. The average molecular weight is 332 g/mol. The third kappa shape index (κ3) is 3.00. The van der Waals surface area contributed by atoms with Crippen molar-refractivity contribution in [2.24, 2.45) is 4.40 Å². The molecule has 1 heterocycles. The Balaban J connectivity index is 1.94. The van der Waals surface area contributed by atoms with Gasteiger partial charge in [-0.15, -0.1) is 4.40 Å². The second kappa shape index (κ2) is 5.58. The quantitative estimate of drug-likeness (QED) is 0.810. The van der Waals surface area contributed by atoms with Gasteiger partial charge in [0.1, 0.15) is 17.1 Å². The predicted molar refractivity (Wildman–Crippen MR) is 84.9 cm³/mol. The van der Waals surface area contributed by atoms with E-state index < -0.39 is 15.8 Å². The lowest BCUT2D eigenvalue weighted by atomic mass is 10.1. The van der Waals surface area contributed by atoms with Crippen LogP contribution < -0.4 is 4.90 Å². The molecule has 0 bridgehead atoms. The topological polar surface area (TPSA) is 66.8 Å². The molecule has 3 rings (SSSR count). The van der Waals surface area contributed by atoms with Crippen molar-refractivity contribution in [2.75, 3.05) is 11.4 Å². The number of ketones is 1. The summed E-state index contributed by atoms with van der Waals surface area (Å²) >= 11 is 0. The van der Waals surface area contributed by atoms with Gasteiger partial charge in [0.2, 0.25) is 0 Å². The fourth-order valence-electron chi connectivity index (χ4n) is 2.32. The molecule has 23 heavy (non-hydrogen) atoms. The minimum Gasteiger partial charge on any atom is -0.323 e. The number of rotatable bonds is 3. The van der Waals surface area contributed by atoms with Gasteiger partial charge in [-0.2, -0.15) is 8.42 Å². The summed E-state index contributed by atoms with van der Waals surface area (Å²) in [4.78, 5) is 13.9. The highest BCUT2D eigenvalue weighted by molar-refractivity contribution is 7.90. The van der Waals surface area contributed by atoms with E-state index in [1.54, 1.807) is 12.1 Å². The number of aryl methyl sites for hydroxylation is 1. The average Bonchev–Trinajstić information content (AvgIpc) is 2.50. The summed E-state index contributed by atoms with van der Waals surface area (Å²) in [5, 5.41) is 0. The van der Waals surface area contributed by atoms with Crippen molar-refractivity contribution in [3.63, 3.8) is 0 Å². The maximum atomic E-state index is 12.9. The Labute approximate surface area is 133 Å². The van der Waals surface area contributed by atoms with E-state index >= 15 is 0 Å². The van der Waals surface area contributed by atoms with Gasteiger partial charge in [-0.25, -0.2) is 4.39 Å². The first-order valence-electron chi connectivity index (χ1n) is 6.83. The van der Waals surface area contributed by atoms with Crippen LogP contribution in [0.5, 0.6) is 0 Å². The maximum Gasteiger partial charge on any atom is 0.285 e. The fraction of sp³-hybridized carbons (Fsp3) is 0.125. The largest absolute Gasteiger partial charge is 0.323 e. The van der Waals surface area contributed by atoms with Crippen molar-refractivity contribution >= 4 is 27.8 Å². The SMILES string of the molecule is Cc1ccc2c(c1)N(CC(=O)c1ccc(F)cc1)C=NS2(=O)=O. The van der Waals surface area contributed by atoms with E-state index in [4.69, 9.17) is 0 Å². The number of hydrogen-bond acceptors (Lipinski definition) is 4. The first-order chi connectivity index (χ1) is 10.9. The molecule has 0 spiro atoms. The molecule has 2 aromatic carbocycles. The molecule has 0 aliphatic carbocycles. The van der Waals surface area contributed by atoms with Crippen molar-refractivity contribution in [3.8, 4) is 0 Å². The van der Waals surface area contributed by atoms with Crippen LogP contribution in [0, 0.1) is 12.7 Å². The molecule has 0 saturated heterocycles. The summed E-state index contributed by atoms with van der Waals surface area (Å²) in [5.41, 5.74) is 1.63. The highest BCUT2D eigenvalue weighted by Crippen LogP contribution is 2.30. The zero-order valence-corrected chi connectivity index (χ0v) is 13.0. The van der Waals surface area contributed by atoms with E-state index in [9.17, 15) is 17.6 Å². The highest BCUT2D eigenvalue weighted by atomic mass is 32.2. The lowest BCUT2D eigenvalue weighted by molar-refractivity contribution is 0.100. The van der Waals surface area contributed by atoms with E-state index in [1.807, 2.05) is 6.92 Å². The van der Waals surface area contributed by atoms with Crippen LogP contribution in [0.3, 0.4) is 0 Å². The molecule has 0 radical (unpaired) electrons. The van der Waals surface area contributed by atoms with Gasteiger partial charge in [-0.1, -0.05) is 6.07 Å². The van der Waals surface area contributed by atoms with Gasteiger partial charge in [0.05, 0.1) is 12.2 Å². The van der Waals surface area contributed by atoms with Crippen molar-refractivity contribution < 1.29 is 17.6 Å². The number of sulfonamides is 1. The predicted octanol–water partition coefficient (Wildman–Crippen LogP) is 2.55. The van der Waals surface area contributed by atoms with E-state index in [-0.39, 0.29) is 17.2 Å². The standard InChI is InChI=1S/C16H13FN2O3S/c1-11-2-7-16-14(8-11)19(10-18-23(16,21)22)9-15(20)12-3-5-13(17)6-4-12/h2-8,10H,9H2,1H3. The third-order valence-electron chi connectivity index (χ3n) is 3.51. The summed E-state index contributed by atoms with van der Waals surface area (Å²) in [6, 6.07) is 10.1. The summed E-state index contributed by atoms with van der Waals surface area (Å²) in [5.74, 6) is -0.684. The number of carbonyl (C=O) groups excluding carboxylic acids is 1. The van der Waals surface area contributed by atoms with Gasteiger partial charge in [0, 0.05) is 5.56 Å². The Bertz CT molecular complexity index is 905. The number of carbonyl (C=O) groups is 1. The molecule has 0 unspecified atom stereocenters. The molecule has 0 fully saturated rings. The van der Waals surface area contributed by atoms with E-state index in [1.165, 1.54) is 35.2 Å². The van der Waals surface area contributed by atoms with Gasteiger partial charge in [-0.05, 0) is 48.9 Å². The lowest BCUT2D eigenvalue weighted by Gasteiger charge is -2.24. The molecule has 5 nitrogen and oxygen atoms in total. The number of anilines is 1. The number of Topliss-reactive ketones (excluding diaryl/α,β-unsaturated/α-hetero) is 1. The molecule has 0 atom stereocenters. The van der Waals surface area contributed by atoms with Crippen LogP contribution in [0.1, 0.15) is 15.9 Å². The third-order valence-corrected chi connectivity index (χ3v) is 4.78. The smallest absolute Gasteiger partial charge is 0.285 e. The Kier molecular flexibility index (Phi) is 3.73. The molecule has 118 valence electrons. The van der Waals surface area contributed by atoms with Gasteiger partial charge < -0.3 is 4.90 Å². The Morgan fingerprint density at radius 3 is 2.57 bits per heavy atom. The van der Waals surface area contributed by atoms with Gasteiger partial charge in [0.15, 0.2) is 5.78 Å².